The van der Waals surface area contributed by atoms with Crippen molar-refractivity contribution >= 4 is 34.5 Å². The summed E-state index contributed by atoms with van der Waals surface area (Å²) in [6.45, 7) is 2.75. The molecular weight excluding hydrogens is 296 g/mol. The van der Waals surface area contributed by atoms with Crippen LogP contribution in [0.5, 0.6) is 0 Å². The van der Waals surface area contributed by atoms with Crippen LogP contribution in [-0.2, 0) is 16.0 Å². The second kappa shape index (κ2) is 6.32. The van der Waals surface area contributed by atoms with E-state index >= 15 is 0 Å². The Labute approximate surface area is 133 Å². The summed E-state index contributed by atoms with van der Waals surface area (Å²) in [5.41, 5.74) is 2.72. The maximum atomic E-state index is 12.0. The molecular formula is C17H18N2O2S. The fourth-order valence-corrected chi connectivity index (χ4v) is 3.42. The first-order valence-corrected chi connectivity index (χ1v) is 8.25. The minimum Gasteiger partial charge on any atom is -0.326 e. The predicted octanol–water partition coefficient (Wildman–Crippen LogP) is 3.36. The first kappa shape index (κ1) is 14.8. The Morgan fingerprint density at radius 2 is 2.23 bits per heavy atom. The largest absolute Gasteiger partial charge is 0.326 e. The number of thiophene rings is 1. The summed E-state index contributed by atoms with van der Waals surface area (Å²) < 4.78 is 0. The monoisotopic (exact) mass is 314 g/mol. The highest BCUT2D eigenvalue weighted by Crippen LogP contribution is 2.27. The molecule has 0 unspecified atom stereocenters. The smallest absolute Gasteiger partial charge is 0.229 e. The lowest BCUT2D eigenvalue weighted by atomic mass is 10.1. The molecule has 0 aliphatic carbocycles. The number of aryl methyl sites for hydroxylation is 1. The number of carbonyl (C=O) groups excluding carboxylic acids is 2. The number of rotatable bonds is 4. The van der Waals surface area contributed by atoms with Gasteiger partial charge in [0, 0.05) is 29.2 Å². The van der Waals surface area contributed by atoms with Gasteiger partial charge in [0.05, 0.1) is 6.42 Å². The second-order valence-electron chi connectivity index (χ2n) is 5.45. The molecule has 0 spiro atoms. The van der Waals surface area contributed by atoms with Crippen LogP contribution in [0.4, 0.5) is 11.4 Å². The van der Waals surface area contributed by atoms with Crippen LogP contribution < -0.4 is 10.2 Å². The highest BCUT2D eigenvalue weighted by molar-refractivity contribution is 7.10. The van der Waals surface area contributed by atoms with E-state index in [2.05, 4.69) is 5.32 Å². The van der Waals surface area contributed by atoms with E-state index in [1.54, 1.807) is 11.3 Å². The number of amides is 2. The molecule has 2 heterocycles. The van der Waals surface area contributed by atoms with Gasteiger partial charge < -0.3 is 10.2 Å². The van der Waals surface area contributed by atoms with Gasteiger partial charge in [-0.1, -0.05) is 6.07 Å². The van der Waals surface area contributed by atoms with E-state index in [1.165, 1.54) is 0 Å². The zero-order chi connectivity index (χ0) is 15.5. The second-order valence-corrected chi connectivity index (χ2v) is 6.49. The van der Waals surface area contributed by atoms with Crippen molar-refractivity contribution in [2.45, 2.75) is 26.2 Å². The summed E-state index contributed by atoms with van der Waals surface area (Å²) in [6.07, 6.45) is 1.93. The van der Waals surface area contributed by atoms with E-state index in [9.17, 15) is 9.59 Å². The normalized spacial score (nSPS) is 14.4. The average molecular weight is 314 g/mol. The number of nitrogens with zero attached hydrogens (tertiary/aromatic N) is 1. The van der Waals surface area contributed by atoms with Crippen molar-refractivity contribution in [2.75, 3.05) is 16.8 Å². The molecule has 0 saturated carbocycles. The molecule has 3 rings (SSSR count). The van der Waals surface area contributed by atoms with Crippen LogP contribution in [0.3, 0.4) is 0 Å². The van der Waals surface area contributed by atoms with Gasteiger partial charge in [-0.2, -0.15) is 0 Å². The summed E-state index contributed by atoms with van der Waals surface area (Å²) >= 11 is 1.58. The third-order valence-electron chi connectivity index (χ3n) is 3.76. The van der Waals surface area contributed by atoms with Crippen molar-refractivity contribution in [2.24, 2.45) is 0 Å². The SMILES string of the molecule is Cc1cc(NC(=O)Cc2cccs2)ccc1N1CCCC1=O. The molecule has 22 heavy (non-hydrogen) atoms. The van der Waals surface area contributed by atoms with E-state index < -0.39 is 0 Å². The maximum Gasteiger partial charge on any atom is 0.229 e. The van der Waals surface area contributed by atoms with Gasteiger partial charge in [0.25, 0.3) is 0 Å². The zero-order valence-corrected chi connectivity index (χ0v) is 13.3. The molecule has 1 aromatic heterocycles. The molecule has 1 N–H and O–H groups in total. The van der Waals surface area contributed by atoms with Crippen LogP contribution in [0.1, 0.15) is 23.3 Å². The fourth-order valence-electron chi connectivity index (χ4n) is 2.72. The van der Waals surface area contributed by atoms with Crippen molar-refractivity contribution in [3.05, 3.63) is 46.2 Å². The number of anilines is 2. The van der Waals surface area contributed by atoms with Gasteiger partial charge in [-0.05, 0) is 48.6 Å². The Bertz CT molecular complexity index is 695. The summed E-state index contributed by atoms with van der Waals surface area (Å²) in [6, 6.07) is 9.60. The van der Waals surface area contributed by atoms with Crippen molar-refractivity contribution in [1.29, 1.82) is 0 Å². The first-order valence-electron chi connectivity index (χ1n) is 7.37. The molecule has 1 aliphatic rings. The van der Waals surface area contributed by atoms with Gasteiger partial charge in [0.1, 0.15) is 0 Å². The molecule has 1 fully saturated rings. The molecule has 1 saturated heterocycles. The molecule has 4 nitrogen and oxygen atoms in total. The quantitative estimate of drug-likeness (QED) is 0.940. The molecule has 0 atom stereocenters. The topological polar surface area (TPSA) is 49.4 Å². The van der Waals surface area contributed by atoms with Gasteiger partial charge in [0.2, 0.25) is 11.8 Å². The summed E-state index contributed by atoms with van der Waals surface area (Å²) in [5, 5.41) is 4.88. The van der Waals surface area contributed by atoms with E-state index in [1.807, 2.05) is 47.5 Å². The Hall–Kier alpha value is -2.14. The molecule has 2 amide bonds. The first-order chi connectivity index (χ1) is 10.6. The zero-order valence-electron chi connectivity index (χ0n) is 12.5. The van der Waals surface area contributed by atoms with Gasteiger partial charge in [-0.25, -0.2) is 0 Å². The maximum absolute atomic E-state index is 12.0. The van der Waals surface area contributed by atoms with E-state index in [4.69, 9.17) is 0 Å². The van der Waals surface area contributed by atoms with E-state index in [0.29, 0.717) is 12.8 Å². The van der Waals surface area contributed by atoms with Crippen molar-refractivity contribution < 1.29 is 9.59 Å². The molecule has 1 aromatic carbocycles. The minimum atomic E-state index is -0.0214. The summed E-state index contributed by atoms with van der Waals surface area (Å²) in [7, 11) is 0. The third kappa shape index (κ3) is 3.20. The van der Waals surface area contributed by atoms with Crippen LogP contribution in [0.15, 0.2) is 35.7 Å². The molecule has 5 heteroatoms. The third-order valence-corrected chi connectivity index (χ3v) is 4.64. The van der Waals surface area contributed by atoms with Crippen LogP contribution in [0.2, 0.25) is 0 Å². The van der Waals surface area contributed by atoms with Crippen LogP contribution >= 0.6 is 11.3 Å². The highest BCUT2D eigenvalue weighted by Gasteiger charge is 2.22. The van der Waals surface area contributed by atoms with Crippen molar-refractivity contribution in [1.82, 2.24) is 0 Å². The lowest BCUT2D eigenvalue weighted by Crippen LogP contribution is -2.24. The minimum absolute atomic E-state index is 0.0214. The number of hydrogen-bond donors (Lipinski definition) is 1. The Balaban J connectivity index is 1.69. The van der Waals surface area contributed by atoms with Crippen molar-refractivity contribution in [3.8, 4) is 0 Å². The number of nitrogens with one attached hydrogen (secondary N) is 1. The molecule has 2 aromatic rings. The van der Waals surface area contributed by atoms with Crippen LogP contribution in [0.25, 0.3) is 0 Å². The number of hydrogen-bond acceptors (Lipinski definition) is 3. The molecule has 0 bridgehead atoms. The molecule has 1 aliphatic heterocycles. The van der Waals surface area contributed by atoms with Gasteiger partial charge in [0.15, 0.2) is 0 Å². The Kier molecular flexibility index (Phi) is 4.24. The fraction of sp³-hybridized carbons (Fsp3) is 0.294. The van der Waals surface area contributed by atoms with E-state index in [0.717, 1.165) is 34.8 Å². The number of carbonyl (C=O) groups is 2. The lowest BCUT2D eigenvalue weighted by molar-refractivity contribution is -0.117. The van der Waals surface area contributed by atoms with Gasteiger partial charge in [-0.15, -0.1) is 11.3 Å². The Morgan fingerprint density at radius 3 is 2.86 bits per heavy atom. The van der Waals surface area contributed by atoms with Crippen molar-refractivity contribution in [3.63, 3.8) is 0 Å². The Morgan fingerprint density at radius 1 is 1.36 bits per heavy atom. The lowest BCUT2D eigenvalue weighted by Gasteiger charge is -2.19. The average Bonchev–Trinajstić information content (AvgIpc) is 3.11. The summed E-state index contributed by atoms with van der Waals surface area (Å²) in [4.78, 5) is 26.7. The molecule has 114 valence electrons. The van der Waals surface area contributed by atoms with Gasteiger partial charge >= 0.3 is 0 Å². The summed E-state index contributed by atoms with van der Waals surface area (Å²) in [5.74, 6) is 0.157. The highest BCUT2D eigenvalue weighted by atomic mass is 32.1. The van der Waals surface area contributed by atoms with Gasteiger partial charge in [-0.3, -0.25) is 9.59 Å². The predicted molar refractivity (Wildman–Crippen MR) is 89.4 cm³/mol. The van der Waals surface area contributed by atoms with E-state index in [-0.39, 0.29) is 11.8 Å². The van der Waals surface area contributed by atoms with Crippen LogP contribution in [-0.4, -0.2) is 18.4 Å². The number of benzene rings is 1. The standard InChI is InChI=1S/C17H18N2O2S/c1-12-10-13(18-16(20)11-14-4-3-9-22-14)6-7-15(12)19-8-2-5-17(19)21/h3-4,6-7,9-10H,2,5,8,11H2,1H3,(H,18,20). The van der Waals surface area contributed by atoms with Crippen LogP contribution in [0, 0.1) is 6.92 Å². The molecule has 0 radical (unpaired) electrons.